The molecule has 0 unspecified atom stereocenters. The standard InChI is InChI=1S/C24H37N7O/c1-4-25-23(27-13-9-21-19-20(2)7-8-22(21)32-3)26-12-6-14-30-15-17-31(18-16-30)24-28-10-5-11-29-24/h5,7-8,10-11,19H,4,6,9,12-18H2,1-3H3,(H2,25,26,27). The molecular weight excluding hydrogens is 402 g/mol. The Labute approximate surface area is 192 Å². The van der Waals surface area contributed by atoms with Gasteiger partial charge in [0.1, 0.15) is 5.75 Å². The van der Waals surface area contributed by atoms with E-state index in [-0.39, 0.29) is 0 Å². The van der Waals surface area contributed by atoms with Crippen molar-refractivity contribution in [3.05, 3.63) is 47.8 Å². The van der Waals surface area contributed by atoms with E-state index in [2.05, 4.69) is 56.4 Å². The van der Waals surface area contributed by atoms with Crippen LogP contribution in [0.5, 0.6) is 5.75 Å². The van der Waals surface area contributed by atoms with Gasteiger partial charge in [0.2, 0.25) is 5.95 Å². The first kappa shape index (κ1) is 23.8. The fourth-order valence-corrected chi connectivity index (χ4v) is 3.87. The summed E-state index contributed by atoms with van der Waals surface area (Å²) in [6, 6.07) is 8.16. The number of nitrogens with one attached hydrogen (secondary N) is 2. The van der Waals surface area contributed by atoms with E-state index < -0.39 is 0 Å². The van der Waals surface area contributed by atoms with Gasteiger partial charge in [0.25, 0.3) is 0 Å². The van der Waals surface area contributed by atoms with Crippen LogP contribution in [0.2, 0.25) is 0 Å². The molecule has 2 heterocycles. The Balaban J connectivity index is 1.38. The van der Waals surface area contributed by atoms with Crippen molar-refractivity contribution in [1.82, 2.24) is 25.5 Å². The van der Waals surface area contributed by atoms with Crippen molar-refractivity contribution < 1.29 is 4.74 Å². The molecule has 32 heavy (non-hydrogen) atoms. The predicted octanol–water partition coefficient (Wildman–Crippen LogP) is 2.10. The van der Waals surface area contributed by atoms with Gasteiger partial charge < -0.3 is 20.3 Å². The Morgan fingerprint density at radius 1 is 1.12 bits per heavy atom. The van der Waals surface area contributed by atoms with E-state index in [1.807, 2.05) is 12.1 Å². The Morgan fingerprint density at radius 2 is 1.91 bits per heavy atom. The topological polar surface area (TPSA) is 77.9 Å². The van der Waals surface area contributed by atoms with Gasteiger partial charge in [-0.3, -0.25) is 9.89 Å². The number of aliphatic imine (C=N–C) groups is 1. The highest BCUT2D eigenvalue weighted by Crippen LogP contribution is 2.19. The third-order valence-electron chi connectivity index (χ3n) is 5.58. The monoisotopic (exact) mass is 439 g/mol. The minimum absolute atomic E-state index is 0.811. The largest absolute Gasteiger partial charge is 0.496 e. The maximum Gasteiger partial charge on any atom is 0.225 e. The summed E-state index contributed by atoms with van der Waals surface area (Å²) in [5.74, 6) is 2.66. The molecule has 8 heteroatoms. The molecule has 1 aromatic heterocycles. The average molecular weight is 440 g/mol. The molecule has 1 aliphatic rings. The van der Waals surface area contributed by atoms with Crippen molar-refractivity contribution >= 4 is 11.9 Å². The van der Waals surface area contributed by atoms with Gasteiger partial charge in [-0.15, -0.1) is 0 Å². The summed E-state index contributed by atoms with van der Waals surface area (Å²) in [7, 11) is 1.72. The van der Waals surface area contributed by atoms with Crippen molar-refractivity contribution in [2.75, 3.05) is 64.4 Å². The minimum Gasteiger partial charge on any atom is -0.496 e. The first-order chi connectivity index (χ1) is 15.7. The third-order valence-corrected chi connectivity index (χ3v) is 5.58. The van der Waals surface area contributed by atoms with Gasteiger partial charge in [-0.1, -0.05) is 17.7 Å². The minimum atomic E-state index is 0.811. The normalized spacial score (nSPS) is 15.0. The average Bonchev–Trinajstić information content (AvgIpc) is 2.83. The lowest BCUT2D eigenvalue weighted by Crippen LogP contribution is -2.47. The molecule has 2 aromatic rings. The maximum atomic E-state index is 5.49. The molecule has 174 valence electrons. The molecule has 1 fully saturated rings. The van der Waals surface area contributed by atoms with E-state index in [0.717, 1.165) is 82.9 Å². The van der Waals surface area contributed by atoms with Crippen LogP contribution in [0.25, 0.3) is 0 Å². The first-order valence-corrected chi connectivity index (χ1v) is 11.6. The number of piperazine rings is 1. The number of nitrogens with zero attached hydrogens (tertiary/aromatic N) is 5. The number of aromatic nitrogens is 2. The van der Waals surface area contributed by atoms with Crippen molar-refractivity contribution in [2.45, 2.75) is 26.7 Å². The Kier molecular flexibility index (Phi) is 9.56. The molecule has 0 amide bonds. The number of anilines is 1. The summed E-state index contributed by atoms with van der Waals surface area (Å²) >= 11 is 0. The quantitative estimate of drug-likeness (QED) is 0.333. The van der Waals surface area contributed by atoms with Gasteiger partial charge in [-0.05, 0) is 44.4 Å². The number of hydrogen-bond acceptors (Lipinski definition) is 6. The predicted molar refractivity (Wildman–Crippen MR) is 131 cm³/mol. The van der Waals surface area contributed by atoms with E-state index in [0.29, 0.717) is 0 Å². The smallest absolute Gasteiger partial charge is 0.225 e. The van der Waals surface area contributed by atoms with E-state index in [4.69, 9.17) is 9.73 Å². The molecule has 0 radical (unpaired) electrons. The number of rotatable bonds is 10. The lowest BCUT2D eigenvalue weighted by atomic mass is 10.1. The number of ether oxygens (including phenoxy) is 1. The second-order valence-corrected chi connectivity index (χ2v) is 7.98. The summed E-state index contributed by atoms with van der Waals surface area (Å²) < 4.78 is 5.49. The molecule has 0 aliphatic carbocycles. The number of benzene rings is 1. The van der Waals surface area contributed by atoms with Crippen LogP contribution in [0.3, 0.4) is 0 Å². The van der Waals surface area contributed by atoms with Crippen LogP contribution < -0.4 is 20.3 Å². The second-order valence-electron chi connectivity index (χ2n) is 7.98. The Hall–Kier alpha value is -2.87. The van der Waals surface area contributed by atoms with Crippen molar-refractivity contribution in [1.29, 1.82) is 0 Å². The summed E-state index contributed by atoms with van der Waals surface area (Å²) in [5, 5.41) is 6.80. The molecule has 1 saturated heterocycles. The maximum absolute atomic E-state index is 5.49. The molecule has 1 aliphatic heterocycles. The van der Waals surface area contributed by atoms with Gasteiger partial charge in [-0.2, -0.15) is 0 Å². The van der Waals surface area contributed by atoms with Gasteiger partial charge >= 0.3 is 0 Å². The SMILES string of the molecule is CCNC(=NCCCN1CCN(c2ncccn2)CC1)NCCc1cc(C)ccc1OC. The summed E-state index contributed by atoms with van der Waals surface area (Å²) in [4.78, 5) is 18.2. The molecule has 3 rings (SSSR count). The summed E-state index contributed by atoms with van der Waals surface area (Å²) in [5.41, 5.74) is 2.47. The van der Waals surface area contributed by atoms with Crippen LogP contribution in [-0.2, 0) is 6.42 Å². The molecular formula is C24H37N7O. The van der Waals surface area contributed by atoms with Crippen molar-refractivity contribution in [2.24, 2.45) is 4.99 Å². The molecule has 0 spiro atoms. The van der Waals surface area contributed by atoms with Gasteiger partial charge in [0, 0.05) is 64.8 Å². The zero-order valence-electron chi connectivity index (χ0n) is 19.7. The fraction of sp³-hybridized carbons (Fsp3) is 0.542. The number of aryl methyl sites for hydroxylation is 1. The van der Waals surface area contributed by atoms with Crippen LogP contribution in [0.1, 0.15) is 24.5 Å². The van der Waals surface area contributed by atoms with Crippen LogP contribution >= 0.6 is 0 Å². The fourth-order valence-electron chi connectivity index (χ4n) is 3.87. The van der Waals surface area contributed by atoms with Crippen molar-refractivity contribution in [3.63, 3.8) is 0 Å². The summed E-state index contributed by atoms with van der Waals surface area (Å²) in [6.07, 6.45) is 5.55. The van der Waals surface area contributed by atoms with Gasteiger partial charge in [0.15, 0.2) is 5.96 Å². The lowest BCUT2D eigenvalue weighted by Gasteiger charge is -2.34. The Morgan fingerprint density at radius 3 is 2.62 bits per heavy atom. The highest BCUT2D eigenvalue weighted by Gasteiger charge is 2.18. The van der Waals surface area contributed by atoms with Gasteiger partial charge in [0.05, 0.1) is 7.11 Å². The molecule has 1 aromatic carbocycles. The van der Waals surface area contributed by atoms with E-state index in [1.165, 1.54) is 11.1 Å². The Bertz CT molecular complexity index is 835. The molecule has 2 N–H and O–H groups in total. The highest BCUT2D eigenvalue weighted by atomic mass is 16.5. The molecule has 0 saturated carbocycles. The van der Waals surface area contributed by atoms with Crippen LogP contribution in [0, 0.1) is 6.92 Å². The first-order valence-electron chi connectivity index (χ1n) is 11.6. The zero-order valence-corrected chi connectivity index (χ0v) is 19.7. The van der Waals surface area contributed by atoms with Crippen LogP contribution in [0.15, 0.2) is 41.7 Å². The molecule has 0 bridgehead atoms. The molecule has 8 nitrogen and oxygen atoms in total. The van der Waals surface area contributed by atoms with Gasteiger partial charge in [-0.25, -0.2) is 9.97 Å². The number of methoxy groups -OCH3 is 1. The highest BCUT2D eigenvalue weighted by molar-refractivity contribution is 5.79. The third kappa shape index (κ3) is 7.37. The number of hydrogen-bond donors (Lipinski definition) is 2. The van der Waals surface area contributed by atoms with Crippen LogP contribution in [0.4, 0.5) is 5.95 Å². The lowest BCUT2D eigenvalue weighted by molar-refractivity contribution is 0.255. The molecule has 0 atom stereocenters. The second kappa shape index (κ2) is 12.9. The van der Waals surface area contributed by atoms with Crippen LogP contribution in [-0.4, -0.2) is 80.3 Å². The van der Waals surface area contributed by atoms with E-state index >= 15 is 0 Å². The van der Waals surface area contributed by atoms with Crippen molar-refractivity contribution in [3.8, 4) is 5.75 Å². The zero-order chi connectivity index (χ0) is 22.6. The summed E-state index contributed by atoms with van der Waals surface area (Å²) in [6.45, 7) is 11.8. The van der Waals surface area contributed by atoms with E-state index in [9.17, 15) is 0 Å². The number of guanidine groups is 1. The van der Waals surface area contributed by atoms with E-state index in [1.54, 1.807) is 19.5 Å².